The van der Waals surface area contributed by atoms with Crippen molar-refractivity contribution in [1.29, 1.82) is 0 Å². The lowest BCUT2D eigenvalue weighted by molar-refractivity contribution is -0.126. The van der Waals surface area contributed by atoms with Gasteiger partial charge in [-0.05, 0) is 49.2 Å². The van der Waals surface area contributed by atoms with Gasteiger partial charge in [0.25, 0.3) is 0 Å². The number of hydrogen-bond donors (Lipinski definition) is 2. The Morgan fingerprint density at radius 3 is 2.30 bits per heavy atom. The number of nitrogens with zero attached hydrogens (tertiary/aromatic N) is 1. The molecule has 0 saturated carbocycles. The summed E-state index contributed by atoms with van der Waals surface area (Å²) >= 11 is 1.01. The summed E-state index contributed by atoms with van der Waals surface area (Å²) in [5, 5.41) is 7.87. The van der Waals surface area contributed by atoms with Crippen LogP contribution in [0, 0.1) is 5.92 Å². The van der Waals surface area contributed by atoms with Crippen LogP contribution in [-0.2, 0) is 31.4 Å². The first-order valence-electron chi connectivity index (χ1n) is 9.14. The lowest BCUT2D eigenvalue weighted by Gasteiger charge is -2.30. The molecular formula is C18H23N3O6S3. The van der Waals surface area contributed by atoms with E-state index in [0.717, 1.165) is 11.3 Å². The van der Waals surface area contributed by atoms with Gasteiger partial charge in [-0.25, -0.2) is 22.0 Å². The van der Waals surface area contributed by atoms with E-state index in [9.17, 15) is 21.6 Å². The Bertz CT molecular complexity index is 1100. The summed E-state index contributed by atoms with van der Waals surface area (Å²) in [7, 11) is -5.86. The third-order valence-electron chi connectivity index (χ3n) is 4.88. The molecule has 0 aliphatic carbocycles. The second-order valence-corrected chi connectivity index (χ2v) is 11.7. The van der Waals surface area contributed by atoms with Crippen LogP contribution in [0.3, 0.4) is 0 Å². The molecule has 12 heteroatoms. The third kappa shape index (κ3) is 5.19. The van der Waals surface area contributed by atoms with Crippen molar-refractivity contribution in [1.82, 2.24) is 9.62 Å². The molecule has 1 aliphatic rings. The molecular weight excluding hydrogens is 450 g/mol. The van der Waals surface area contributed by atoms with E-state index in [2.05, 4.69) is 5.32 Å². The first-order valence-corrected chi connectivity index (χ1v) is 12.9. The van der Waals surface area contributed by atoms with Crippen molar-refractivity contribution in [3.05, 3.63) is 41.3 Å². The molecule has 1 aromatic heterocycles. The average Bonchev–Trinajstić information content (AvgIpc) is 3.22. The summed E-state index contributed by atoms with van der Waals surface area (Å²) in [6.45, 7) is 0.700. The number of hydrogen-bond acceptors (Lipinski definition) is 7. The van der Waals surface area contributed by atoms with Gasteiger partial charge >= 0.3 is 0 Å². The molecule has 3 N–H and O–H groups in total. The van der Waals surface area contributed by atoms with Gasteiger partial charge in [0.2, 0.25) is 26.0 Å². The van der Waals surface area contributed by atoms with Gasteiger partial charge in [-0.15, -0.1) is 11.3 Å². The molecule has 1 saturated heterocycles. The van der Waals surface area contributed by atoms with Gasteiger partial charge in [0.05, 0.1) is 18.6 Å². The predicted octanol–water partition coefficient (Wildman–Crippen LogP) is 1.12. The molecule has 0 spiro atoms. The average molecular weight is 474 g/mol. The number of carbonyl (C=O) groups excluding carboxylic acids is 1. The Balaban J connectivity index is 1.54. The van der Waals surface area contributed by atoms with Gasteiger partial charge in [-0.2, -0.15) is 4.31 Å². The fraction of sp³-hybridized carbons (Fsp3) is 0.389. The predicted molar refractivity (Wildman–Crippen MR) is 112 cm³/mol. The summed E-state index contributed by atoms with van der Waals surface area (Å²) in [5.41, 5.74) is 0. The van der Waals surface area contributed by atoms with Gasteiger partial charge in [0, 0.05) is 23.9 Å². The minimum atomic E-state index is -3.75. The molecule has 0 unspecified atom stereocenters. The van der Waals surface area contributed by atoms with E-state index in [1.54, 1.807) is 18.2 Å². The lowest BCUT2D eigenvalue weighted by Crippen LogP contribution is -2.42. The molecule has 2 heterocycles. The van der Waals surface area contributed by atoms with Gasteiger partial charge in [-0.3, -0.25) is 4.79 Å². The topological polar surface area (TPSA) is 136 Å². The number of rotatable bonds is 7. The Labute approximate surface area is 179 Å². The molecule has 164 valence electrons. The second kappa shape index (κ2) is 9.02. The first-order chi connectivity index (χ1) is 14.1. The fourth-order valence-corrected chi connectivity index (χ4v) is 6.37. The number of primary sulfonamides is 1. The normalized spacial score (nSPS) is 16.3. The molecule has 1 fully saturated rings. The van der Waals surface area contributed by atoms with E-state index < -0.39 is 20.0 Å². The van der Waals surface area contributed by atoms with Crippen LogP contribution in [0.4, 0.5) is 0 Å². The highest BCUT2D eigenvalue weighted by Crippen LogP contribution is 2.26. The quantitative estimate of drug-likeness (QED) is 0.619. The molecule has 3 rings (SSSR count). The highest BCUT2D eigenvalue weighted by Gasteiger charge is 2.32. The Morgan fingerprint density at radius 1 is 1.13 bits per heavy atom. The van der Waals surface area contributed by atoms with Crippen molar-refractivity contribution in [3.63, 3.8) is 0 Å². The largest absolute Gasteiger partial charge is 0.497 e. The third-order valence-corrected chi connectivity index (χ3v) is 9.31. The van der Waals surface area contributed by atoms with Gasteiger partial charge < -0.3 is 10.1 Å². The zero-order chi connectivity index (χ0) is 21.9. The lowest BCUT2D eigenvalue weighted by atomic mass is 9.97. The SMILES string of the molecule is COc1ccc(S(=O)(=O)N2CCC(C(=O)NCc3ccc(S(N)(=O)=O)s3)CC2)cc1. The Hall–Kier alpha value is -1.99. The number of nitrogens with two attached hydrogens (primary N) is 1. The second-order valence-electron chi connectivity index (χ2n) is 6.84. The van der Waals surface area contributed by atoms with E-state index in [0.29, 0.717) is 23.5 Å². The first kappa shape index (κ1) is 22.7. The van der Waals surface area contributed by atoms with Crippen molar-refractivity contribution < 1.29 is 26.4 Å². The zero-order valence-electron chi connectivity index (χ0n) is 16.3. The van der Waals surface area contributed by atoms with Crippen LogP contribution < -0.4 is 15.2 Å². The van der Waals surface area contributed by atoms with Crippen molar-refractivity contribution in [2.45, 2.75) is 28.5 Å². The summed E-state index contributed by atoms with van der Waals surface area (Å²) < 4.78 is 54.7. The van der Waals surface area contributed by atoms with E-state index in [1.807, 2.05) is 0 Å². The maximum absolute atomic E-state index is 12.8. The summed E-state index contributed by atoms with van der Waals surface area (Å²) in [5.74, 6) is 0.0956. The summed E-state index contributed by atoms with van der Waals surface area (Å²) in [4.78, 5) is 13.3. The van der Waals surface area contributed by atoms with E-state index in [-0.39, 0.29) is 40.6 Å². The van der Waals surface area contributed by atoms with E-state index in [4.69, 9.17) is 9.88 Å². The number of amides is 1. The minimum absolute atomic E-state index is 0.0452. The summed E-state index contributed by atoms with van der Waals surface area (Å²) in [6.07, 6.45) is 0.822. The molecule has 0 atom stereocenters. The molecule has 2 aromatic rings. The molecule has 0 bridgehead atoms. The number of nitrogens with one attached hydrogen (secondary N) is 1. The number of benzene rings is 1. The standard InChI is InChI=1S/C18H23N3O6S3/c1-27-14-2-5-16(6-3-14)30(25,26)21-10-8-13(9-11-21)18(22)20-12-15-4-7-17(28-15)29(19,23)24/h2-7,13H,8-12H2,1H3,(H,20,22)(H2,19,23,24). The molecule has 1 aliphatic heterocycles. The van der Waals surface area contributed by atoms with Crippen LogP contribution in [0.15, 0.2) is 45.5 Å². The maximum Gasteiger partial charge on any atom is 0.247 e. The van der Waals surface area contributed by atoms with Gasteiger partial charge in [-0.1, -0.05) is 0 Å². The number of piperidine rings is 1. The number of ether oxygens (including phenoxy) is 1. The molecule has 9 nitrogen and oxygen atoms in total. The van der Waals surface area contributed by atoms with Crippen molar-refractivity contribution in [3.8, 4) is 5.75 Å². The van der Waals surface area contributed by atoms with E-state index in [1.165, 1.54) is 29.6 Å². The minimum Gasteiger partial charge on any atom is -0.497 e. The smallest absolute Gasteiger partial charge is 0.247 e. The number of carbonyl (C=O) groups is 1. The van der Waals surface area contributed by atoms with Crippen molar-refractivity contribution in [2.24, 2.45) is 11.1 Å². The van der Waals surface area contributed by atoms with Crippen LogP contribution in [0.1, 0.15) is 17.7 Å². The van der Waals surface area contributed by atoms with Crippen LogP contribution in [-0.4, -0.2) is 47.2 Å². The Kier molecular flexibility index (Phi) is 6.82. The van der Waals surface area contributed by atoms with Crippen LogP contribution in [0.25, 0.3) is 0 Å². The van der Waals surface area contributed by atoms with E-state index >= 15 is 0 Å². The fourth-order valence-electron chi connectivity index (χ4n) is 3.18. The van der Waals surface area contributed by atoms with Gasteiger partial charge in [0.15, 0.2) is 0 Å². The molecule has 1 aromatic carbocycles. The highest BCUT2D eigenvalue weighted by molar-refractivity contribution is 7.91. The molecule has 30 heavy (non-hydrogen) atoms. The summed E-state index contributed by atoms with van der Waals surface area (Å²) in [6, 6.07) is 9.21. The van der Waals surface area contributed by atoms with Gasteiger partial charge in [0.1, 0.15) is 9.96 Å². The Morgan fingerprint density at radius 2 is 1.77 bits per heavy atom. The number of sulfonamides is 2. The zero-order valence-corrected chi connectivity index (χ0v) is 18.7. The maximum atomic E-state index is 12.8. The van der Waals surface area contributed by atoms with Crippen LogP contribution in [0.2, 0.25) is 0 Å². The highest BCUT2D eigenvalue weighted by atomic mass is 32.2. The number of methoxy groups -OCH3 is 1. The van der Waals surface area contributed by atoms with Crippen LogP contribution >= 0.6 is 11.3 Å². The number of thiophene rings is 1. The molecule has 1 amide bonds. The monoisotopic (exact) mass is 473 g/mol. The van der Waals surface area contributed by atoms with Crippen molar-refractivity contribution in [2.75, 3.05) is 20.2 Å². The van der Waals surface area contributed by atoms with Crippen molar-refractivity contribution >= 4 is 37.3 Å². The van der Waals surface area contributed by atoms with Crippen LogP contribution in [0.5, 0.6) is 5.75 Å². The molecule has 0 radical (unpaired) electrons.